The second-order valence-corrected chi connectivity index (χ2v) is 3.56. The number of aliphatic carboxylic acids is 1. The molecule has 0 aliphatic carbocycles. The van der Waals surface area contributed by atoms with Gasteiger partial charge in [-0.15, -0.1) is 0 Å². The standard InChI is InChI=1S/C10H21NO3/c1-11(8-9-12)7-5-3-2-4-6-10(13)14/h12H,2-9H2,1H3,(H,13,14)/p-1. The van der Waals surface area contributed by atoms with Crippen LogP contribution in [-0.4, -0.2) is 42.7 Å². The lowest BCUT2D eigenvalue weighted by Crippen LogP contribution is -2.23. The van der Waals surface area contributed by atoms with Crippen molar-refractivity contribution in [2.24, 2.45) is 0 Å². The van der Waals surface area contributed by atoms with Crippen LogP contribution >= 0.6 is 0 Å². The van der Waals surface area contributed by atoms with Gasteiger partial charge in [0.25, 0.3) is 0 Å². The Hall–Kier alpha value is -0.610. The summed E-state index contributed by atoms with van der Waals surface area (Å²) < 4.78 is 0. The quantitative estimate of drug-likeness (QED) is 0.517. The van der Waals surface area contributed by atoms with Gasteiger partial charge in [-0.2, -0.15) is 0 Å². The highest BCUT2D eigenvalue weighted by Gasteiger charge is 1.96. The molecule has 0 saturated carbocycles. The maximum absolute atomic E-state index is 10.1. The fraction of sp³-hybridized carbons (Fsp3) is 0.900. The van der Waals surface area contributed by atoms with Crippen LogP contribution in [0.2, 0.25) is 0 Å². The number of carbonyl (C=O) groups excluding carboxylic acids is 1. The third kappa shape index (κ3) is 9.48. The summed E-state index contributed by atoms with van der Waals surface area (Å²) in [6, 6.07) is 0. The lowest BCUT2D eigenvalue weighted by molar-refractivity contribution is -0.305. The van der Waals surface area contributed by atoms with Gasteiger partial charge in [0.15, 0.2) is 0 Å². The predicted molar refractivity (Wildman–Crippen MR) is 52.7 cm³/mol. The summed E-state index contributed by atoms with van der Waals surface area (Å²) in [5, 5.41) is 18.7. The number of carboxylic acids is 1. The zero-order valence-electron chi connectivity index (χ0n) is 8.87. The first kappa shape index (κ1) is 13.4. The zero-order valence-corrected chi connectivity index (χ0v) is 8.87. The molecule has 0 aromatic carbocycles. The molecule has 0 aliphatic heterocycles. The first-order chi connectivity index (χ1) is 6.66. The zero-order chi connectivity index (χ0) is 10.8. The summed E-state index contributed by atoms with van der Waals surface area (Å²) in [6.45, 7) is 1.87. The van der Waals surface area contributed by atoms with Gasteiger partial charge in [0.05, 0.1) is 6.61 Å². The molecule has 4 nitrogen and oxygen atoms in total. The van der Waals surface area contributed by atoms with Crippen molar-refractivity contribution >= 4 is 5.97 Å². The third-order valence-corrected chi connectivity index (χ3v) is 2.15. The number of hydrogen-bond acceptors (Lipinski definition) is 4. The van der Waals surface area contributed by atoms with Crippen molar-refractivity contribution in [1.82, 2.24) is 4.90 Å². The molecule has 1 N–H and O–H groups in total. The molecular weight excluding hydrogens is 182 g/mol. The Bertz CT molecular complexity index is 150. The van der Waals surface area contributed by atoms with E-state index in [-0.39, 0.29) is 13.0 Å². The Kier molecular flexibility index (Phi) is 8.57. The van der Waals surface area contributed by atoms with E-state index in [0.29, 0.717) is 13.0 Å². The second kappa shape index (κ2) is 8.97. The third-order valence-electron chi connectivity index (χ3n) is 2.15. The van der Waals surface area contributed by atoms with E-state index in [1.165, 1.54) is 0 Å². The number of nitrogens with zero attached hydrogens (tertiary/aromatic N) is 1. The van der Waals surface area contributed by atoms with Crippen molar-refractivity contribution in [1.29, 1.82) is 0 Å². The van der Waals surface area contributed by atoms with Crippen molar-refractivity contribution in [3.63, 3.8) is 0 Å². The monoisotopic (exact) mass is 202 g/mol. The molecule has 0 amide bonds. The van der Waals surface area contributed by atoms with E-state index in [0.717, 1.165) is 25.8 Å². The van der Waals surface area contributed by atoms with E-state index in [9.17, 15) is 9.90 Å². The highest BCUT2D eigenvalue weighted by atomic mass is 16.4. The Morgan fingerprint density at radius 2 is 1.86 bits per heavy atom. The smallest absolute Gasteiger partial charge is 0.0558 e. The number of hydrogen-bond donors (Lipinski definition) is 1. The highest BCUT2D eigenvalue weighted by Crippen LogP contribution is 2.02. The number of carbonyl (C=O) groups is 1. The van der Waals surface area contributed by atoms with Crippen molar-refractivity contribution in [2.45, 2.75) is 32.1 Å². The van der Waals surface area contributed by atoms with Gasteiger partial charge in [0.2, 0.25) is 0 Å². The average molecular weight is 202 g/mol. The van der Waals surface area contributed by atoms with Crippen molar-refractivity contribution < 1.29 is 15.0 Å². The van der Waals surface area contributed by atoms with E-state index in [4.69, 9.17) is 5.11 Å². The molecule has 0 heterocycles. The van der Waals surface area contributed by atoms with Gasteiger partial charge in [0, 0.05) is 12.5 Å². The first-order valence-electron chi connectivity index (χ1n) is 5.16. The molecule has 14 heavy (non-hydrogen) atoms. The molecule has 0 radical (unpaired) electrons. The van der Waals surface area contributed by atoms with Gasteiger partial charge >= 0.3 is 0 Å². The summed E-state index contributed by atoms with van der Waals surface area (Å²) in [4.78, 5) is 12.1. The summed E-state index contributed by atoms with van der Waals surface area (Å²) in [7, 11) is 1.97. The molecule has 0 atom stereocenters. The van der Waals surface area contributed by atoms with E-state index < -0.39 is 5.97 Å². The minimum absolute atomic E-state index is 0.173. The van der Waals surface area contributed by atoms with Crippen LogP contribution < -0.4 is 5.11 Å². The fourth-order valence-electron chi connectivity index (χ4n) is 1.29. The maximum atomic E-state index is 10.1. The number of aliphatic hydroxyl groups is 1. The molecule has 0 aromatic rings. The van der Waals surface area contributed by atoms with Gasteiger partial charge in [-0.1, -0.05) is 12.8 Å². The molecular formula is C10H20NO3-. The van der Waals surface area contributed by atoms with Crippen LogP contribution in [0.1, 0.15) is 32.1 Å². The van der Waals surface area contributed by atoms with Gasteiger partial charge < -0.3 is 19.9 Å². The minimum atomic E-state index is -0.956. The maximum Gasteiger partial charge on any atom is 0.0558 e. The van der Waals surface area contributed by atoms with Crippen LogP contribution in [-0.2, 0) is 4.79 Å². The summed E-state index contributed by atoms with van der Waals surface area (Å²) in [6.07, 6.45) is 3.94. The lowest BCUT2D eigenvalue weighted by Gasteiger charge is -2.14. The van der Waals surface area contributed by atoms with Crippen LogP contribution in [0.4, 0.5) is 0 Å². The van der Waals surface area contributed by atoms with E-state index in [1.807, 2.05) is 7.05 Å². The number of rotatable bonds is 9. The largest absolute Gasteiger partial charge is 0.550 e. The summed E-state index contributed by atoms with van der Waals surface area (Å²) in [5.74, 6) is -0.956. The molecule has 0 spiro atoms. The number of carboxylic acid groups (broad SMARTS) is 1. The van der Waals surface area contributed by atoms with Crippen molar-refractivity contribution in [2.75, 3.05) is 26.7 Å². The SMILES string of the molecule is CN(CCO)CCCCCCC(=O)[O-]. The van der Waals surface area contributed by atoms with E-state index >= 15 is 0 Å². The fourth-order valence-corrected chi connectivity index (χ4v) is 1.29. The van der Waals surface area contributed by atoms with Gasteiger partial charge in [0.1, 0.15) is 0 Å². The molecule has 0 unspecified atom stereocenters. The van der Waals surface area contributed by atoms with Gasteiger partial charge in [-0.3, -0.25) is 0 Å². The van der Waals surface area contributed by atoms with Crippen LogP contribution in [0.25, 0.3) is 0 Å². The van der Waals surface area contributed by atoms with Crippen molar-refractivity contribution in [3.05, 3.63) is 0 Å². The van der Waals surface area contributed by atoms with Crippen LogP contribution in [0.5, 0.6) is 0 Å². The number of unbranched alkanes of at least 4 members (excludes halogenated alkanes) is 3. The van der Waals surface area contributed by atoms with Crippen molar-refractivity contribution in [3.8, 4) is 0 Å². The van der Waals surface area contributed by atoms with Gasteiger partial charge in [-0.05, 0) is 32.9 Å². The van der Waals surface area contributed by atoms with Crippen LogP contribution in [0, 0.1) is 0 Å². The molecule has 0 aliphatic rings. The minimum Gasteiger partial charge on any atom is -0.550 e. The molecule has 4 heteroatoms. The van der Waals surface area contributed by atoms with Gasteiger partial charge in [-0.25, -0.2) is 0 Å². The Labute approximate surface area is 85.5 Å². The normalized spacial score (nSPS) is 10.8. The van der Waals surface area contributed by atoms with E-state index in [1.54, 1.807) is 0 Å². The predicted octanol–water partition coefficient (Wildman–Crippen LogP) is -0.389. The summed E-state index contributed by atoms with van der Waals surface area (Å²) in [5.41, 5.74) is 0. The molecule has 0 aromatic heterocycles. The number of aliphatic hydroxyl groups excluding tert-OH is 1. The second-order valence-electron chi connectivity index (χ2n) is 3.56. The summed E-state index contributed by atoms with van der Waals surface area (Å²) >= 11 is 0. The van der Waals surface area contributed by atoms with Crippen LogP contribution in [0.3, 0.4) is 0 Å². The van der Waals surface area contributed by atoms with Crippen LogP contribution in [0.15, 0.2) is 0 Å². The molecule has 0 rings (SSSR count). The lowest BCUT2D eigenvalue weighted by atomic mass is 10.1. The molecule has 0 saturated heterocycles. The van der Waals surface area contributed by atoms with E-state index in [2.05, 4.69) is 4.90 Å². The topological polar surface area (TPSA) is 63.6 Å². The Balaban J connectivity index is 3.09. The number of likely N-dealkylation sites (N-methyl/N-ethyl adjacent to an activating group) is 1. The molecule has 84 valence electrons. The average Bonchev–Trinajstić information content (AvgIpc) is 2.11. The first-order valence-corrected chi connectivity index (χ1v) is 5.16. The Morgan fingerprint density at radius 1 is 1.21 bits per heavy atom. The molecule has 0 fully saturated rings. The Morgan fingerprint density at radius 3 is 2.43 bits per heavy atom. The molecule has 0 bridgehead atoms. The highest BCUT2D eigenvalue weighted by molar-refractivity contribution is 5.63.